The van der Waals surface area contributed by atoms with Crippen molar-refractivity contribution in [1.82, 2.24) is 14.8 Å². The first-order valence-corrected chi connectivity index (χ1v) is 13.0. The zero-order valence-electron chi connectivity index (χ0n) is 21.8. The fraction of sp³-hybridized carbons (Fsp3) is 0.267. The maximum atomic E-state index is 13.7. The summed E-state index contributed by atoms with van der Waals surface area (Å²) in [6, 6.07) is 19.5. The highest BCUT2D eigenvalue weighted by atomic mass is 19.1. The number of rotatable bonds is 12. The predicted octanol–water partition coefficient (Wildman–Crippen LogP) is 5.73. The maximum absolute atomic E-state index is 13.7. The Hall–Kier alpha value is -4.53. The number of nitrogens with one attached hydrogen (secondary N) is 1. The van der Waals surface area contributed by atoms with Crippen molar-refractivity contribution in [3.63, 3.8) is 0 Å². The molecular formula is C30H31FN4O4. The van der Waals surface area contributed by atoms with Gasteiger partial charge in [0, 0.05) is 54.4 Å². The number of fused-ring (bicyclic) bond motifs is 1. The number of amides is 2. The highest BCUT2D eigenvalue weighted by Gasteiger charge is 2.24. The Morgan fingerprint density at radius 1 is 0.974 bits per heavy atom. The summed E-state index contributed by atoms with van der Waals surface area (Å²) in [6.07, 6.45) is 4.02. The predicted molar refractivity (Wildman–Crippen MR) is 148 cm³/mol. The molecule has 0 aliphatic rings. The first kappa shape index (κ1) is 27.5. The van der Waals surface area contributed by atoms with E-state index in [1.807, 2.05) is 37.4 Å². The zero-order chi connectivity index (χ0) is 27.8. The number of H-pyrrole nitrogens is 1. The molecule has 4 aromatic rings. The highest BCUT2D eigenvalue weighted by molar-refractivity contribution is 5.97. The number of para-hydroxylation sites is 1. The van der Waals surface area contributed by atoms with Crippen molar-refractivity contribution in [2.75, 3.05) is 19.6 Å². The third-order valence-corrected chi connectivity index (χ3v) is 6.66. The van der Waals surface area contributed by atoms with Crippen molar-refractivity contribution in [2.24, 2.45) is 0 Å². The van der Waals surface area contributed by atoms with Gasteiger partial charge in [0.2, 0.25) is 5.91 Å². The van der Waals surface area contributed by atoms with E-state index < -0.39 is 10.8 Å². The van der Waals surface area contributed by atoms with Crippen LogP contribution in [0.3, 0.4) is 0 Å². The molecule has 4 rings (SSSR count). The molecule has 0 unspecified atom stereocenters. The van der Waals surface area contributed by atoms with Gasteiger partial charge in [0.05, 0.1) is 4.92 Å². The fourth-order valence-corrected chi connectivity index (χ4v) is 4.50. The third-order valence-electron chi connectivity index (χ3n) is 6.66. The van der Waals surface area contributed by atoms with E-state index in [0.29, 0.717) is 25.9 Å². The smallest absolute Gasteiger partial charge is 0.270 e. The molecule has 1 N–H and O–H groups in total. The molecule has 2 amide bonds. The van der Waals surface area contributed by atoms with Crippen molar-refractivity contribution in [2.45, 2.75) is 32.7 Å². The number of carbonyl (C=O) groups excluding carboxylic acids is 2. The summed E-state index contributed by atoms with van der Waals surface area (Å²) in [5.74, 6) is -1.04. The molecule has 0 spiro atoms. The van der Waals surface area contributed by atoms with Gasteiger partial charge in [-0.3, -0.25) is 19.7 Å². The Morgan fingerprint density at radius 3 is 2.49 bits per heavy atom. The molecule has 0 aliphatic carbocycles. The number of halogens is 1. The molecule has 0 aliphatic heterocycles. The van der Waals surface area contributed by atoms with Crippen LogP contribution in [0.1, 0.15) is 41.3 Å². The van der Waals surface area contributed by atoms with Gasteiger partial charge in [-0.15, -0.1) is 0 Å². The van der Waals surface area contributed by atoms with Crippen LogP contribution in [0.4, 0.5) is 10.1 Å². The molecule has 39 heavy (non-hydrogen) atoms. The van der Waals surface area contributed by atoms with Crippen molar-refractivity contribution >= 4 is 28.4 Å². The van der Waals surface area contributed by atoms with Gasteiger partial charge in [-0.2, -0.15) is 0 Å². The molecule has 1 heterocycles. The molecule has 8 nitrogen and oxygen atoms in total. The molecule has 0 radical (unpaired) electrons. The average molecular weight is 531 g/mol. The van der Waals surface area contributed by atoms with Crippen molar-refractivity contribution in [1.29, 1.82) is 0 Å². The second-order valence-corrected chi connectivity index (χ2v) is 9.44. The van der Waals surface area contributed by atoms with Crippen LogP contribution in [-0.2, 0) is 17.8 Å². The second kappa shape index (κ2) is 12.8. The molecule has 1 aromatic heterocycles. The van der Waals surface area contributed by atoms with Crippen LogP contribution >= 0.6 is 0 Å². The van der Waals surface area contributed by atoms with Gasteiger partial charge >= 0.3 is 0 Å². The Morgan fingerprint density at radius 2 is 1.74 bits per heavy atom. The number of hydrogen-bond acceptors (Lipinski definition) is 4. The van der Waals surface area contributed by atoms with Crippen molar-refractivity contribution in [3.05, 3.63) is 112 Å². The van der Waals surface area contributed by atoms with Crippen LogP contribution in [-0.4, -0.2) is 51.2 Å². The number of nitro groups is 1. The highest BCUT2D eigenvalue weighted by Crippen LogP contribution is 2.20. The summed E-state index contributed by atoms with van der Waals surface area (Å²) in [4.78, 5) is 44.1. The second-order valence-electron chi connectivity index (χ2n) is 9.44. The monoisotopic (exact) mass is 530 g/mol. The van der Waals surface area contributed by atoms with Crippen LogP contribution in [0.5, 0.6) is 0 Å². The van der Waals surface area contributed by atoms with Crippen LogP contribution in [0.25, 0.3) is 10.9 Å². The van der Waals surface area contributed by atoms with Gasteiger partial charge < -0.3 is 14.8 Å². The van der Waals surface area contributed by atoms with Crippen molar-refractivity contribution in [3.8, 4) is 0 Å². The zero-order valence-corrected chi connectivity index (χ0v) is 21.8. The normalized spacial score (nSPS) is 10.9. The average Bonchev–Trinajstić information content (AvgIpc) is 3.37. The number of non-ortho nitro benzene ring substituents is 1. The van der Waals surface area contributed by atoms with Gasteiger partial charge in [0.15, 0.2) is 0 Å². The first-order chi connectivity index (χ1) is 18.9. The Kier molecular flexibility index (Phi) is 9.04. The van der Waals surface area contributed by atoms with E-state index in [2.05, 4.69) is 4.98 Å². The molecule has 0 saturated heterocycles. The van der Waals surface area contributed by atoms with Gasteiger partial charge in [-0.05, 0) is 48.2 Å². The van der Waals surface area contributed by atoms with E-state index in [4.69, 9.17) is 0 Å². The van der Waals surface area contributed by atoms with Gasteiger partial charge in [-0.1, -0.05) is 49.7 Å². The van der Waals surface area contributed by atoms with E-state index in [1.54, 1.807) is 17.0 Å². The first-order valence-electron chi connectivity index (χ1n) is 13.0. The van der Waals surface area contributed by atoms with Crippen LogP contribution in [0.15, 0.2) is 79.0 Å². The SMILES string of the molecule is CCCCN(CC(=O)N(CCc1c[nH]c2ccccc12)Cc1ccc(F)cc1)C(=O)c1cccc([N+](=O)[O-])c1. The summed E-state index contributed by atoms with van der Waals surface area (Å²) in [6.45, 7) is 2.81. The van der Waals surface area contributed by atoms with E-state index in [9.17, 15) is 24.1 Å². The number of hydrogen-bond donors (Lipinski definition) is 1. The summed E-state index contributed by atoms with van der Waals surface area (Å²) >= 11 is 0. The largest absolute Gasteiger partial charge is 0.361 e. The molecule has 0 atom stereocenters. The van der Waals surface area contributed by atoms with Crippen LogP contribution in [0, 0.1) is 15.9 Å². The fourth-order valence-electron chi connectivity index (χ4n) is 4.50. The topological polar surface area (TPSA) is 99.6 Å². The van der Waals surface area contributed by atoms with E-state index in [0.717, 1.165) is 28.5 Å². The number of nitrogens with zero attached hydrogens (tertiary/aromatic N) is 3. The summed E-state index contributed by atoms with van der Waals surface area (Å²) in [7, 11) is 0. The maximum Gasteiger partial charge on any atom is 0.270 e. The minimum absolute atomic E-state index is 0.164. The molecule has 0 saturated carbocycles. The number of aromatic nitrogens is 1. The number of aromatic amines is 1. The summed E-state index contributed by atoms with van der Waals surface area (Å²) in [5, 5.41) is 12.3. The Balaban J connectivity index is 1.55. The summed E-state index contributed by atoms with van der Waals surface area (Å²) in [5.41, 5.74) is 2.83. The molecule has 202 valence electrons. The van der Waals surface area contributed by atoms with Gasteiger partial charge in [0.25, 0.3) is 11.6 Å². The molecule has 0 bridgehead atoms. The van der Waals surface area contributed by atoms with E-state index >= 15 is 0 Å². The number of unbranched alkanes of at least 4 members (excludes halogenated alkanes) is 1. The van der Waals surface area contributed by atoms with Crippen LogP contribution in [0.2, 0.25) is 0 Å². The van der Waals surface area contributed by atoms with Gasteiger partial charge in [0.1, 0.15) is 12.4 Å². The lowest BCUT2D eigenvalue weighted by Gasteiger charge is -2.28. The minimum Gasteiger partial charge on any atom is -0.361 e. The number of carbonyl (C=O) groups is 2. The third kappa shape index (κ3) is 7.07. The minimum atomic E-state index is -0.548. The van der Waals surface area contributed by atoms with E-state index in [1.165, 1.54) is 41.3 Å². The number of nitro benzene ring substituents is 1. The molecular weight excluding hydrogens is 499 g/mol. The van der Waals surface area contributed by atoms with Crippen LogP contribution < -0.4 is 0 Å². The molecule has 3 aromatic carbocycles. The molecule has 9 heteroatoms. The lowest BCUT2D eigenvalue weighted by atomic mass is 10.1. The summed E-state index contributed by atoms with van der Waals surface area (Å²) < 4.78 is 13.5. The number of benzene rings is 3. The lowest BCUT2D eigenvalue weighted by Crippen LogP contribution is -2.43. The van der Waals surface area contributed by atoms with Gasteiger partial charge in [-0.25, -0.2) is 4.39 Å². The Labute approximate surface area is 226 Å². The van der Waals surface area contributed by atoms with E-state index in [-0.39, 0.29) is 36.1 Å². The lowest BCUT2D eigenvalue weighted by molar-refractivity contribution is -0.384. The Bertz CT molecular complexity index is 1450. The standard InChI is InChI=1S/C30H31FN4O4/c1-2-3-16-34(30(37)23-7-6-8-26(18-23)35(38)39)21-29(36)33(20-22-11-13-25(31)14-12-22)17-15-24-19-32-28-10-5-4-9-27(24)28/h4-14,18-19,32H,2-3,15-17,20-21H2,1H3. The van der Waals surface area contributed by atoms with Crippen molar-refractivity contribution < 1.29 is 18.9 Å². The molecule has 0 fully saturated rings. The quantitative estimate of drug-likeness (QED) is 0.187.